The van der Waals surface area contributed by atoms with E-state index in [0.717, 1.165) is 25.1 Å². The maximum absolute atomic E-state index is 5.35. The monoisotopic (exact) mass is 291 g/mol. The van der Waals surface area contributed by atoms with Gasteiger partial charge < -0.3 is 10.1 Å². The Bertz CT molecular complexity index is 541. The maximum atomic E-state index is 5.35. The molecule has 0 spiro atoms. The van der Waals surface area contributed by atoms with Crippen molar-refractivity contribution in [2.24, 2.45) is 0 Å². The van der Waals surface area contributed by atoms with Gasteiger partial charge in [0.05, 0.1) is 13.2 Å². The lowest BCUT2D eigenvalue weighted by Gasteiger charge is -2.18. The Kier molecular flexibility index (Phi) is 5.49. The average molecular weight is 291 g/mol. The van der Waals surface area contributed by atoms with Gasteiger partial charge in [0.15, 0.2) is 0 Å². The summed E-state index contributed by atoms with van der Waals surface area (Å²) in [6.07, 6.45) is 5.51. The van der Waals surface area contributed by atoms with Crippen LogP contribution in [0, 0.1) is 0 Å². The Labute approximate surface area is 124 Å². The van der Waals surface area contributed by atoms with Crippen LogP contribution in [0.25, 0.3) is 0 Å². The third-order valence-electron chi connectivity index (χ3n) is 3.07. The summed E-state index contributed by atoms with van der Waals surface area (Å²) in [5, 5.41) is 3.54. The quantitative estimate of drug-likeness (QED) is 0.851. The highest BCUT2D eigenvalue weighted by Crippen LogP contribution is 2.31. The summed E-state index contributed by atoms with van der Waals surface area (Å²) < 4.78 is 5.35. The normalized spacial score (nSPS) is 12.3. The van der Waals surface area contributed by atoms with E-state index in [9.17, 15) is 0 Å². The highest BCUT2D eigenvalue weighted by Gasteiger charge is 2.21. The van der Waals surface area contributed by atoms with Gasteiger partial charge in [0.25, 0.3) is 0 Å². The van der Waals surface area contributed by atoms with E-state index in [0.29, 0.717) is 5.88 Å². The SMILES string of the molecule is CCCNC(c1ccc(CC)s1)c1nccnc1OC. The first-order valence-corrected chi connectivity index (χ1v) is 7.78. The first kappa shape index (κ1) is 14.9. The minimum absolute atomic E-state index is 0.0453. The lowest BCUT2D eigenvalue weighted by atomic mass is 10.1. The van der Waals surface area contributed by atoms with Gasteiger partial charge in [-0.15, -0.1) is 11.3 Å². The highest BCUT2D eigenvalue weighted by molar-refractivity contribution is 7.12. The van der Waals surface area contributed by atoms with Crippen LogP contribution in [0.2, 0.25) is 0 Å². The minimum atomic E-state index is 0.0453. The summed E-state index contributed by atoms with van der Waals surface area (Å²) in [4.78, 5) is 11.4. The molecule has 2 rings (SSSR count). The van der Waals surface area contributed by atoms with Crippen LogP contribution < -0.4 is 10.1 Å². The highest BCUT2D eigenvalue weighted by atomic mass is 32.1. The van der Waals surface area contributed by atoms with Crippen molar-refractivity contribution in [3.05, 3.63) is 40.0 Å². The van der Waals surface area contributed by atoms with Crippen LogP contribution in [0.4, 0.5) is 0 Å². The minimum Gasteiger partial charge on any atom is -0.480 e. The number of ether oxygens (including phenoxy) is 1. The van der Waals surface area contributed by atoms with Crippen LogP contribution in [0.3, 0.4) is 0 Å². The Morgan fingerprint density at radius 1 is 1.25 bits per heavy atom. The molecule has 0 saturated heterocycles. The summed E-state index contributed by atoms with van der Waals surface area (Å²) in [5.74, 6) is 0.590. The molecule has 20 heavy (non-hydrogen) atoms. The summed E-state index contributed by atoms with van der Waals surface area (Å²) >= 11 is 1.82. The van der Waals surface area contributed by atoms with Gasteiger partial charge in [-0.05, 0) is 31.5 Å². The zero-order chi connectivity index (χ0) is 14.4. The standard InChI is InChI=1S/C15H21N3OS/c1-4-8-16-13(12-7-6-11(5-2)20-12)14-15(19-3)18-10-9-17-14/h6-7,9-10,13,16H,4-5,8H2,1-3H3. The van der Waals surface area contributed by atoms with E-state index in [1.54, 1.807) is 19.5 Å². The van der Waals surface area contributed by atoms with Gasteiger partial charge in [0, 0.05) is 22.1 Å². The fourth-order valence-electron chi connectivity index (χ4n) is 2.05. The molecule has 0 bridgehead atoms. The molecule has 108 valence electrons. The van der Waals surface area contributed by atoms with Gasteiger partial charge >= 0.3 is 0 Å². The molecule has 0 saturated carbocycles. The first-order valence-electron chi connectivity index (χ1n) is 6.97. The number of hydrogen-bond acceptors (Lipinski definition) is 5. The van der Waals surface area contributed by atoms with E-state index in [2.05, 4.69) is 41.3 Å². The fraction of sp³-hybridized carbons (Fsp3) is 0.467. The van der Waals surface area contributed by atoms with Crippen molar-refractivity contribution in [2.45, 2.75) is 32.7 Å². The predicted octanol–water partition coefficient (Wildman–Crippen LogP) is 3.20. The van der Waals surface area contributed by atoms with Crippen LogP contribution >= 0.6 is 11.3 Å². The number of aromatic nitrogens is 2. The molecule has 1 N–H and O–H groups in total. The second-order valence-electron chi connectivity index (χ2n) is 4.50. The van der Waals surface area contributed by atoms with Crippen LogP contribution in [-0.2, 0) is 6.42 Å². The fourth-order valence-corrected chi connectivity index (χ4v) is 3.08. The topological polar surface area (TPSA) is 47.0 Å². The van der Waals surface area contributed by atoms with Crippen molar-refractivity contribution in [2.75, 3.05) is 13.7 Å². The Morgan fingerprint density at radius 2 is 2.05 bits per heavy atom. The Balaban J connectivity index is 2.35. The lowest BCUT2D eigenvalue weighted by molar-refractivity contribution is 0.383. The molecular weight excluding hydrogens is 270 g/mol. The lowest BCUT2D eigenvalue weighted by Crippen LogP contribution is -2.24. The Morgan fingerprint density at radius 3 is 2.70 bits per heavy atom. The van der Waals surface area contributed by atoms with Gasteiger partial charge in [-0.2, -0.15) is 0 Å². The molecule has 2 aromatic rings. The third-order valence-corrected chi connectivity index (χ3v) is 4.37. The van der Waals surface area contributed by atoms with Crippen molar-refractivity contribution in [3.8, 4) is 5.88 Å². The largest absolute Gasteiger partial charge is 0.480 e. The summed E-state index contributed by atoms with van der Waals surface area (Å²) in [6.45, 7) is 5.26. The number of thiophene rings is 1. The van der Waals surface area contributed by atoms with Gasteiger partial charge in [0.2, 0.25) is 5.88 Å². The van der Waals surface area contributed by atoms with Gasteiger partial charge in [-0.25, -0.2) is 4.98 Å². The van der Waals surface area contributed by atoms with E-state index in [1.807, 2.05) is 11.3 Å². The molecule has 5 heteroatoms. The van der Waals surface area contributed by atoms with E-state index >= 15 is 0 Å². The summed E-state index contributed by atoms with van der Waals surface area (Å²) in [7, 11) is 1.64. The zero-order valence-corrected chi connectivity index (χ0v) is 13.0. The van der Waals surface area contributed by atoms with E-state index in [4.69, 9.17) is 4.74 Å². The molecule has 4 nitrogen and oxygen atoms in total. The maximum Gasteiger partial charge on any atom is 0.237 e. The zero-order valence-electron chi connectivity index (χ0n) is 12.2. The predicted molar refractivity (Wildman–Crippen MR) is 82.4 cm³/mol. The van der Waals surface area contributed by atoms with Crippen molar-refractivity contribution < 1.29 is 4.74 Å². The summed E-state index contributed by atoms with van der Waals surface area (Å²) in [6, 6.07) is 4.40. The molecule has 0 aromatic carbocycles. The van der Waals surface area contributed by atoms with Crippen LogP contribution in [0.1, 0.15) is 41.8 Å². The molecule has 0 amide bonds. The van der Waals surface area contributed by atoms with Gasteiger partial charge in [0.1, 0.15) is 5.69 Å². The van der Waals surface area contributed by atoms with Crippen molar-refractivity contribution in [1.29, 1.82) is 0 Å². The molecule has 1 atom stereocenters. The van der Waals surface area contributed by atoms with Crippen molar-refractivity contribution >= 4 is 11.3 Å². The third kappa shape index (κ3) is 3.35. The first-order chi connectivity index (χ1) is 9.80. The number of nitrogens with one attached hydrogen (secondary N) is 1. The van der Waals surface area contributed by atoms with E-state index in [1.165, 1.54) is 9.75 Å². The summed E-state index contributed by atoms with van der Waals surface area (Å²) in [5.41, 5.74) is 0.855. The second kappa shape index (κ2) is 7.36. The molecular formula is C15H21N3OS. The van der Waals surface area contributed by atoms with Crippen LogP contribution in [0.15, 0.2) is 24.5 Å². The van der Waals surface area contributed by atoms with Crippen LogP contribution in [-0.4, -0.2) is 23.6 Å². The van der Waals surface area contributed by atoms with Crippen LogP contribution in [0.5, 0.6) is 5.88 Å². The average Bonchev–Trinajstić information content (AvgIpc) is 2.97. The molecule has 0 radical (unpaired) electrons. The molecule has 0 fully saturated rings. The molecule has 0 aliphatic heterocycles. The Hall–Kier alpha value is -1.46. The second-order valence-corrected chi connectivity index (χ2v) is 5.70. The van der Waals surface area contributed by atoms with E-state index < -0.39 is 0 Å². The molecule has 0 aliphatic carbocycles. The van der Waals surface area contributed by atoms with E-state index in [-0.39, 0.29) is 6.04 Å². The molecule has 2 heterocycles. The number of aryl methyl sites for hydroxylation is 1. The van der Waals surface area contributed by atoms with Crippen molar-refractivity contribution in [1.82, 2.24) is 15.3 Å². The number of nitrogens with zero attached hydrogens (tertiary/aromatic N) is 2. The number of rotatable bonds is 7. The smallest absolute Gasteiger partial charge is 0.237 e. The molecule has 1 unspecified atom stereocenters. The van der Waals surface area contributed by atoms with Gasteiger partial charge in [-0.3, -0.25) is 4.98 Å². The van der Waals surface area contributed by atoms with Crippen molar-refractivity contribution in [3.63, 3.8) is 0 Å². The molecule has 0 aliphatic rings. The van der Waals surface area contributed by atoms with Gasteiger partial charge in [-0.1, -0.05) is 13.8 Å². The number of methoxy groups -OCH3 is 1. The molecule has 2 aromatic heterocycles. The number of hydrogen-bond donors (Lipinski definition) is 1.